The topological polar surface area (TPSA) is 95.2 Å². The molecule has 176 valence electrons. The Hall–Kier alpha value is -3.84. The van der Waals surface area contributed by atoms with Gasteiger partial charge in [0.25, 0.3) is 11.8 Å². The Morgan fingerprint density at radius 1 is 1.06 bits per heavy atom. The molecule has 0 spiro atoms. The first-order valence-electron chi connectivity index (χ1n) is 11.4. The van der Waals surface area contributed by atoms with Crippen molar-refractivity contribution in [3.63, 3.8) is 0 Å². The van der Waals surface area contributed by atoms with Crippen LogP contribution in [0, 0.1) is 6.92 Å². The number of carbonyl (C=O) groups excluding carboxylic acids is 2. The van der Waals surface area contributed by atoms with Crippen molar-refractivity contribution in [1.82, 2.24) is 15.6 Å². The van der Waals surface area contributed by atoms with Gasteiger partial charge in [-0.25, -0.2) is 0 Å². The van der Waals surface area contributed by atoms with Gasteiger partial charge in [0.1, 0.15) is 5.75 Å². The number of nitrogens with one attached hydrogen (secondary N) is 4. The maximum atomic E-state index is 13.3. The average molecular weight is 459 g/mol. The van der Waals surface area contributed by atoms with E-state index in [1.54, 1.807) is 7.11 Å². The number of hydrogen-bond acceptors (Lipinski definition) is 4. The highest BCUT2D eigenvalue weighted by Gasteiger charge is 2.27. The Bertz CT molecular complexity index is 1260. The molecule has 7 heteroatoms. The number of H-pyrrole nitrogens is 1. The number of benzene rings is 2. The monoisotopic (exact) mass is 458 g/mol. The number of fused-ring (bicyclic) bond motifs is 1. The minimum Gasteiger partial charge on any atom is -0.496 e. The Morgan fingerprint density at radius 3 is 2.50 bits per heavy atom. The zero-order chi connectivity index (χ0) is 24.2. The van der Waals surface area contributed by atoms with Crippen LogP contribution in [0.2, 0.25) is 0 Å². The molecule has 0 bridgehead atoms. The van der Waals surface area contributed by atoms with Crippen molar-refractivity contribution in [2.24, 2.45) is 0 Å². The van der Waals surface area contributed by atoms with Gasteiger partial charge in [-0.05, 0) is 25.1 Å². The second kappa shape index (κ2) is 9.97. The third-order valence-electron chi connectivity index (χ3n) is 5.78. The number of ether oxygens (including phenoxy) is 1. The number of rotatable bonds is 8. The van der Waals surface area contributed by atoms with E-state index in [2.05, 4.69) is 34.8 Å². The molecule has 1 aromatic heterocycles. The molecule has 0 saturated heterocycles. The second-order valence-electron chi connectivity index (χ2n) is 8.54. The predicted molar refractivity (Wildman–Crippen MR) is 136 cm³/mol. The van der Waals surface area contributed by atoms with Gasteiger partial charge in [-0.1, -0.05) is 50.2 Å². The first-order chi connectivity index (χ1) is 16.4. The summed E-state index contributed by atoms with van der Waals surface area (Å²) in [4.78, 5) is 29.4. The summed E-state index contributed by atoms with van der Waals surface area (Å²) in [6.45, 7) is 7.17. The summed E-state index contributed by atoms with van der Waals surface area (Å²) in [6, 6.07) is 15.5. The fourth-order valence-corrected chi connectivity index (χ4v) is 4.22. The highest BCUT2D eigenvalue weighted by atomic mass is 16.5. The summed E-state index contributed by atoms with van der Waals surface area (Å²) in [5.74, 6) is 0.291. The van der Waals surface area contributed by atoms with Crippen LogP contribution in [-0.2, 0) is 4.79 Å². The zero-order valence-electron chi connectivity index (χ0n) is 19.9. The number of hydrogen-bond donors (Lipinski definition) is 4. The van der Waals surface area contributed by atoms with Gasteiger partial charge < -0.3 is 25.7 Å². The normalized spacial score (nSPS) is 13.8. The van der Waals surface area contributed by atoms with Crippen molar-refractivity contribution in [3.8, 4) is 16.9 Å². The molecule has 4 N–H and O–H groups in total. The molecule has 2 aromatic carbocycles. The minimum absolute atomic E-state index is 0.176. The van der Waals surface area contributed by atoms with Crippen molar-refractivity contribution < 1.29 is 14.3 Å². The Kier molecular flexibility index (Phi) is 6.84. The van der Waals surface area contributed by atoms with E-state index < -0.39 is 0 Å². The van der Waals surface area contributed by atoms with Crippen molar-refractivity contribution in [3.05, 3.63) is 71.0 Å². The lowest BCUT2D eigenvalue weighted by atomic mass is 9.96. The van der Waals surface area contributed by atoms with E-state index in [0.29, 0.717) is 53.0 Å². The molecule has 0 unspecified atom stereocenters. The fraction of sp³-hybridized carbons (Fsp3) is 0.259. The summed E-state index contributed by atoms with van der Waals surface area (Å²) in [5, 5.41) is 9.22. The lowest BCUT2D eigenvalue weighted by Gasteiger charge is -2.13. The van der Waals surface area contributed by atoms with Crippen molar-refractivity contribution in [2.75, 3.05) is 25.5 Å². The summed E-state index contributed by atoms with van der Waals surface area (Å²) >= 11 is 0. The number of anilines is 1. The molecule has 4 rings (SSSR count). The van der Waals surface area contributed by atoms with E-state index in [-0.39, 0.29) is 11.8 Å². The number of aromatic nitrogens is 1. The smallest absolute Gasteiger partial charge is 0.256 e. The molecular weight excluding hydrogens is 428 g/mol. The van der Waals surface area contributed by atoms with Crippen LogP contribution >= 0.6 is 0 Å². The van der Waals surface area contributed by atoms with Gasteiger partial charge in [0.2, 0.25) is 0 Å². The Balaban J connectivity index is 1.81. The van der Waals surface area contributed by atoms with Gasteiger partial charge in [-0.15, -0.1) is 0 Å². The van der Waals surface area contributed by atoms with Crippen LogP contribution in [0.5, 0.6) is 5.75 Å². The molecule has 34 heavy (non-hydrogen) atoms. The molecule has 0 atom stereocenters. The molecular formula is C27H30N4O3. The minimum atomic E-state index is -0.180. The summed E-state index contributed by atoms with van der Waals surface area (Å²) in [5.41, 5.74) is 5.55. The maximum Gasteiger partial charge on any atom is 0.256 e. The highest BCUT2D eigenvalue weighted by Crippen LogP contribution is 2.39. The Morgan fingerprint density at radius 2 is 1.76 bits per heavy atom. The van der Waals surface area contributed by atoms with Gasteiger partial charge in [-0.3, -0.25) is 9.59 Å². The van der Waals surface area contributed by atoms with Crippen LogP contribution in [0.15, 0.2) is 48.5 Å². The first kappa shape index (κ1) is 23.3. The molecule has 1 aliphatic heterocycles. The van der Waals surface area contributed by atoms with Gasteiger partial charge in [0.05, 0.1) is 18.2 Å². The summed E-state index contributed by atoms with van der Waals surface area (Å²) in [7, 11) is 1.61. The molecule has 0 saturated carbocycles. The molecule has 0 radical (unpaired) electrons. The first-order valence-corrected chi connectivity index (χ1v) is 11.4. The van der Waals surface area contributed by atoms with E-state index in [0.717, 1.165) is 16.8 Å². The molecule has 3 aromatic rings. The van der Waals surface area contributed by atoms with E-state index >= 15 is 0 Å². The maximum absolute atomic E-state index is 13.3. The molecule has 7 nitrogen and oxygen atoms in total. The highest BCUT2D eigenvalue weighted by molar-refractivity contribution is 6.35. The lowest BCUT2D eigenvalue weighted by molar-refractivity contribution is -0.110. The van der Waals surface area contributed by atoms with E-state index in [1.165, 1.54) is 0 Å². The molecule has 1 aliphatic rings. The Labute approximate surface area is 199 Å². The molecule has 2 amide bonds. The van der Waals surface area contributed by atoms with E-state index in [1.807, 2.05) is 61.5 Å². The number of amides is 2. The quantitative estimate of drug-likeness (QED) is 0.300. The van der Waals surface area contributed by atoms with E-state index in [4.69, 9.17) is 4.74 Å². The summed E-state index contributed by atoms with van der Waals surface area (Å²) < 4.78 is 5.62. The van der Waals surface area contributed by atoms with Crippen LogP contribution in [0.25, 0.3) is 22.8 Å². The number of aryl methyl sites for hydroxylation is 1. The fourth-order valence-electron chi connectivity index (χ4n) is 4.22. The number of carbonyl (C=O) groups is 2. The third-order valence-corrected chi connectivity index (χ3v) is 5.78. The van der Waals surface area contributed by atoms with Gasteiger partial charge in [-0.2, -0.15) is 0 Å². The van der Waals surface area contributed by atoms with Crippen LogP contribution < -0.4 is 20.7 Å². The van der Waals surface area contributed by atoms with Crippen LogP contribution in [0.4, 0.5) is 5.69 Å². The van der Waals surface area contributed by atoms with E-state index in [9.17, 15) is 9.59 Å². The molecule has 2 heterocycles. The predicted octanol–water partition coefficient (Wildman–Crippen LogP) is 4.22. The van der Waals surface area contributed by atoms with Crippen molar-refractivity contribution in [1.29, 1.82) is 0 Å². The summed E-state index contributed by atoms with van der Waals surface area (Å²) in [6.07, 6.45) is 1.81. The van der Waals surface area contributed by atoms with Crippen LogP contribution in [0.1, 0.15) is 41.2 Å². The number of para-hydroxylation sites is 2. The third kappa shape index (κ3) is 4.61. The van der Waals surface area contributed by atoms with Crippen LogP contribution in [-0.4, -0.2) is 43.0 Å². The lowest BCUT2D eigenvalue weighted by Crippen LogP contribution is -2.34. The van der Waals surface area contributed by atoms with Crippen molar-refractivity contribution >= 4 is 29.2 Å². The van der Waals surface area contributed by atoms with Gasteiger partial charge >= 0.3 is 0 Å². The average Bonchev–Trinajstić information content (AvgIpc) is 3.32. The second-order valence-corrected chi connectivity index (χ2v) is 8.54. The van der Waals surface area contributed by atoms with Gasteiger partial charge in [0.15, 0.2) is 0 Å². The molecule has 0 aliphatic carbocycles. The van der Waals surface area contributed by atoms with Gasteiger partial charge in [0, 0.05) is 52.9 Å². The largest absolute Gasteiger partial charge is 0.496 e. The van der Waals surface area contributed by atoms with Crippen LogP contribution in [0.3, 0.4) is 0 Å². The number of methoxy groups -OCH3 is 1. The van der Waals surface area contributed by atoms with Crippen molar-refractivity contribution in [2.45, 2.75) is 26.8 Å². The zero-order valence-corrected chi connectivity index (χ0v) is 19.9. The standard InChI is InChI=1S/C27H30N4O3/c1-16(2)28-13-14-29-27(33)24-17(3)30-22(25(24)19-10-6-8-12-23(19)34-4)15-20-18-9-5-7-11-21(18)31-26(20)32/h5-12,15-16,28,30H,13-14H2,1-4H3,(H,29,33)(H,31,32)/b20-15-. The molecule has 0 fully saturated rings. The number of aromatic amines is 1. The SMILES string of the molecule is COc1ccccc1-c1c(/C=C2\C(=O)Nc3ccccc32)[nH]c(C)c1C(=O)NCCNC(C)C.